The molecule has 134 valence electrons. The van der Waals surface area contributed by atoms with Gasteiger partial charge >= 0.3 is 0 Å². The number of rotatable bonds is 9. The number of hydrogen-bond donors (Lipinski definition) is 1. The van der Waals surface area contributed by atoms with Crippen LogP contribution in [0.15, 0.2) is 48.5 Å². The minimum Gasteiger partial charge on any atom is -0.491 e. The van der Waals surface area contributed by atoms with Crippen molar-refractivity contribution in [1.29, 1.82) is 0 Å². The van der Waals surface area contributed by atoms with Crippen molar-refractivity contribution in [3.63, 3.8) is 0 Å². The molecule has 2 aromatic carbocycles. The van der Waals surface area contributed by atoms with Crippen molar-refractivity contribution in [2.45, 2.75) is 26.4 Å². The maximum absolute atomic E-state index is 12.5. The number of nitrogens with one attached hydrogen (secondary N) is 1. The van der Waals surface area contributed by atoms with Crippen molar-refractivity contribution >= 4 is 11.6 Å². The van der Waals surface area contributed by atoms with Crippen LogP contribution < -0.4 is 14.8 Å². The highest BCUT2D eigenvalue weighted by Crippen LogP contribution is 2.20. The Morgan fingerprint density at radius 2 is 1.84 bits per heavy atom. The van der Waals surface area contributed by atoms with E-state index >= 15 is 0 Å². The van der Waals surface area contributed by atoms with Gasteiger partial charge in [-0.15, -0.1) is 0 Å². The predicted molar refractivity (Wildman–Crippen MR) is 98.6 cm³/mol. The summed E-state index contributed by atoms with van der Waals surface area (Å²) in [6, 6.07) is 14.5. The number of amides is 1. The Labute approximate surface area is 148 Å². The molecule has 1 unspecified atom stereocenters. The summed E-state index contributed by atoms with van der Waals surface area (Å²) in [5.41, 5.74) is 1.22. The highest BCUT2D eigenvalue weighted by Gasteiger charge is 2.09. The molecule has 1 amide bonds. The smallest absolute Gasteiger partial charge is 0.255 e. The van der Waals surface area contributed by atoms with Crippen LogP contribution in [-0.2, 0) is 4.74 Å². The molecule has 0 aliphatic heterocycles. The van der Waals surface area contributed by atoms with Crippen LogP contribution in [0.2, 0.25) is 0 Å². The van der Waals surface area contributed by atoms with Crippen molar-refractivity contribution in [1.82, 2.24) is 0 Å². The maximum atomic E-state index is 12.5. The van der Waals surface area contributed by atoms with Crippen molar-refractivity contribution < 1.29 is 19.0 Å². The highest BCUT2D eigenvalue weighted by molar-refractivity contribution is 6.04. The van der Waals surface area contributed by atoms with Gasteiger partial charge in [0, 0.05) is 24.4 Å². The van der Waals surface area contributed by atoms with E-state index < -0.39 is 0 Å². The normalized spacial score (nSPS) is 11.6. The molecule has 0 radical (unpaired) electrons. The first-order valence-electron chi connectivity index (χ1n) is 8.42. The van der Waals surface area contributed by atoms with Crippen LogP contribution in [0.25, 0.3) is 0 Å². The van der Waals surface area contributed by atoms with Gasteiger partial charge in [-0.3, -0.25) is 4.79 Å². The molecule has 2 rings (SSSR count). The van der Waals surface area contributed by atoms with Crippen LogP contribution in [0, 0.1) is 0 Å². The molecular formula is C20H25NO4. The van der Waals surface area contributed by atoms with Crippen LogP contribution in [0.5, 0.6) is 11.5 Å². The standard InChI is InChI=1S/C20H25NO4/c1-4-15(2)25-19-10-5-7-16(13-19)20(22)21-17-8-6-9-18(14-17)24-12-11-23-3/h5-10,13-15H,4,11-12H2,1-3H3,(H,21,22). The molecule has 1 atom stereocenters. The Balaban J connectivity index is 2.02. The fourth-order valence-electron chi connectivity index (χ4n) is 2.14. The Morgan fingerprint density at radius 3 is 2.60 bits per heavy atom. The molecular weight excluding hydrogens is 318 g/mol. The van der Waals surface area contributed by atoms with Gasteiger partial charge in [0.2, 0.25) is 0 Å². The first-order valence-corrected chi connectivity index (χ1v) is 8.42. The minimum absolute atomic E-state index is 0.110. The lowest BCUT2D eigenvalue weighted by atomic mass is 10.2. The second-order valence-corrected chi connectivity index (χ2v) is 5.69. The number of ether oxygens (including phenoxy) is 3. The summed E-state index contributed by atoms with van der Waals surface area (Å²) in [5, 5.41) is 2.88. The number of hydrogen-bond acceptors (Lipinski definition) is 4. The number of carbonyl (C=O) groups is 1. The van der Waals surface area contributed by atoms with Crippen LogP contribution >= 0.6 is 0 Å². The summed E-state index contributed by atoms with van der Waals surface area (Å²) in [7, 11) is 1.62. The predicted octanol–water partition coefficient (Wildman–Crippen LogP) is 4.14. The minimum atomic E-state index is -0.191. The fourth-order valence-corrected chi connectivity index (χ4v) is 2.14. The van der Waals surface area contributed by atoms with E-state index in [1.54, 1.807) is 25.3 Å². The molecule has 25 heavy (non-hydrogen) atoms. The lowest BCUT2D eigenvalue weighted by Crippen LogP contribution is -2.13. The highest BCUT2D eigenvalue weighted by atomic mass is 16.5. The monoisotopic (exact) mass is 343 g/mol. The number of carbonyl (C=O) groups excluding carboxylic acids is 1. The third-order valence-corrected chi connectivity index (χ3v) is 3.66. The molecule has 5 heteroatoms. The summed E-state index contributed by atoms with van der Waals surface area (Å²) in [4.78, 5) is 12.5. The number of methoxy groups -OCH3 is 1. The second kappa shape index (κ2) is 9.69. The van der Waals surface area contributed by atoms with E-state index in [1.165, 1.54) is 0 Å². The second-order valence-electron chi connectivity index (χ2n) is 5.69. The van der Waals surface area contributed by atoms with Crippen LogP contribution in [0.3, 0.4) is 0 Å². The van der Waals surface area contributed by atoms with Crippen LogP contribution in [0.1, 0.15) is 30.6 Å². The Morgan fingerprint density at radius 1 is 1.08 bits per heavy atom. The average molecular weight is 343 g/mol. The van der Waals surface area contributed by atoms with Crippen molar-refractivity contribution in [3.05, 3.63) is 54.1 Å². The van der Waals surface area contributed by atoms with E-state index in [1.807, 2.05) is 37.3 Å². The molecule has 2 aromatic rings. The molecule has 0 spiro atoms. The van der Waals surface area contributed by atoms with Gasteiger partial charge < -0.3 is 19.5 Å². The summed E-state index contributed by atoms with van der Waals surface area (Å²) in [5.74, 6) is 1.19. The van der Waals surface area contributed by atoms with Crippen LogP contribution in [-0.4, -0.2) is 32.3 Å². The Kier molecular flexibility index (Phi) is 7.29. The molecule has 5 nitrogen and oxygen atoms in total. The molecule has 0 fully saturated rings. The SMILES string of the molecule is CCC(C)Oc1cccc(C(=O)Nc2cccc(OCCOC)c2)c1. The van der Waals surface area contributed by atoms with Crippen LogP contribution in [0.4, 0.5) is 5.69 Å². The van der Waals surface area contributed by atoms with E-state index in [2.05, 4.69) is 12.2 Å². The largest absolute Gasteiger partial charge is 0.491 e. The van der Waals surface area contributed by atoms with E-state index in [-0.39, 0.29) is 12.0 Å². The summed E-state index contributed by atoms with van der Waals surface area (Å²) >= 11 is 0. The molecule has 0 aliphatic carbocycles. The third kappa shape index (κ3) is 6.12. The van der Waals surface area contributed by atoms with Gasteiger partial charge in [-0.1, -0.05) is 19.1 Å². The topological polar surface area (TPSA) is 56.8 Å². The van der Waals surface area contributed by atoms with Gasteiger partial charge in [0.15, 0.2) is 0 Å². The van der Waals surface area contributed by atoms with Gasteiger partial charge in [0.05, 0.1) is 12.7 Å². The van der Waals surface area contributed by atoms with Gasteiger partial charge in [-0.25, -0.2) is 0 Å². The zero-order chi connectivity index (χ0) is 18.1. The molecule has 0 aliphatic rings. The molecule has 0 saturated carbocycles. The van der Waals surface area contributed by atoms with Crippen molar-refractivity contribution in [2.75, 3.05) is 25.6 Å². The van der Waals surface area contributed by atoms with Crippen molar-refractivity contribution in [2.24, 2.45) is 0 Å². The van der Waals surface area contributed by atoms with E-state index in [0.717, 1.165) is 6.42 Å². The zero-order valence-corrected chi connectivity index (χ0v) is 15.0. The van der Waals surface area contributed by atoms with E-state index in [0.29, 0.717) is 36.0 Å². The number of anilines is 1. The quantitative estimate of drug-likeness (QED) is 0.695. The van der Waals surface area contributed by atoms with Gasteiger partial charge in [0.25, 0.3) is 5.91 Å². The molecule has 0 heterocycles. The lowest BCUT2D eigenvalue weighted by molar-refractivity contribution is 0.102. The molecule has 0 aromatic heterocycles. The molecule has 0 bridgehead atoms. The first kappa shape index (κ1) is 18.8. The Bertz CT molecular complexity index is 687. The zero-order valence-electron chi connectivity index (χ0n) is 15.0. The van der Waals surface area contributed by atoms with Gasteiger partial charge in [-0.2, -0.15) is 0 Å². The summed E-state index contributed by atoms with van der Waals surface area (Å²) in [6.45, 7) is 5.03. The van der Waals surface area contributed by atoms with Gasteiger partial charge in [0.1, 0.15) is 18.1 Å². The van der Waals surface area contributed by atoms with Crippen molar-refractivity contribution in [3.8, 4) is 11.5 Å². The fraction of sp³-hybridized carbons (Fsp3) is 0.350. The first-order chi connectivity index (χ1) is 12.1. The Hall–Kier alpha value is -2.53. The molecule has 0 saturated heterocycles. The maximum Gasteiger partial charge on any atom is 0.255 e. The average Bonchev–Trinajstić information content (AvgIpc) is 2.62. The lowest BCUT2D eigenvalue weighted by Gasteiger charge is -2.13. The summed E-state index contributed by atoms with van der Waals surface area (Å²) < 4.78 is 16.3. The third-order valence-electron chi connectivity index (χ3n) is 3.66. The van der Waals surface area contributed by atoms with Gasteiger partial charge in [-0.05, 0) is 43.7 Å². The molecule has 1 N–H and O–H groups in total. The summed E-state index contributed by atoms with van der Waals surface area (Å²) in [6.07, 6.45) is 1.02. The number of benzene rings is 2. The van der Waals surface area contributed by atoms with E-state index in [9.17, 15) is 4.79 Å². The van der Waals surface area contributed by atoms with E-state index in [4.69, 9.17) is 14.2 Å².